The van der Waals surface area contributed by atoms with E-state index in [-0.39, 0.29) is 24.5 Å². The Labute approximate surface area is 108 Å². The number of carbonyl (C=O) groups is 1. The number of hydrogen-bond donors (Lipinski definition) is 2. The second-order valence-corrected chi connectivity index (χ2v) is 6.37. The topological polar surface area (TPSA) is 49.3 Å². The zero-order valence-corrected chi connectivity index (χ0v) is 11.3. The van der Waals surface area contributed by atoms with E-state index in [4.69, 9.17) is 5.11 Å². The highest BCUT2D eigenvalue weighted by atomic mass is 32.2. The van der Waals surface area contributed by atoms with Gasteiger partial charge in [-0.15, -0.1) is 0 Å². The van der Waals surface area contributed by atoms with E-state index >= 15 is 0 Å². The summed E-state index contributed by atoms with van der Waals surface area (Å²) in [4.78, 5) is 12.2. The van der Waals surface area contributed by atoms with Gasteiger partial charge < -0.3 is 10.4 Å². The number of aliphatic hydroxyl groups excluding tert-OH is 1. The molecule has 2 aliphatic carbocycles. The van der Waals surface area contributed by atoms with Crippen LogP contribution in [0, 0.1) is 17.8 Å². The molecule has 3 nitrogen and oxygen atoms in total. The molecule has 0 aromatic heterocycles. The lowest BCUT2D eigenvalue weighted by molar-refractivity contribution is -0.127. The van der Waals surface area contributed by atoms with E-state index in [2.05, 4.69) is 5.32 Å². The number of amides is 1. The Bertz CT molecular complexity index is 266. The molecule has 1 amide bonds. The van der Waals surface area contributed by atoms with Gasteiger partial charge in [0.05, 0.1) is 0 Å². The SMILES string of the molecule is CSCC(CCO)NC(=O)C1CC2CCC1C2. The van der Waals surface area contributed by atoms with Crippen molar-refractivity contribution in [2.24, 2.45) is 17.8 Å². The van der Waals surface area contributed by atoms with Crippen LogP contribution < -0.4 is 5.32 Å². The van der Waals surface area contributed by atoms with Gasteiger partial charge in [0.25, 0.3) is 0 Å². The summed E-state index contributed by atoms with van der Waals surface area (Å²) in [6.45, 7) is 0.155. The molecule has 0 radical (unpaired) electrons. The summed E-state index contributed by atoms with van der Waals surface area (Å²) in [6, 6.07) is 0.140. The van der Waals surface area contributed by atoms with Crippen LogP contribution >= 0.6 is 11.8 Å². The minimum Gasteiger partial charge on any atom is -0.396 e. The fourth-order valence-corrected chi connectivity index (χ4v) is 4.08. The van der Waals surface area contributed by atoms with Crippen LogP contribution in [0.3, 0.4) is 0 Å². The molecule has 4 unspecified atom stereocenters. The van der Waals surface area contributed by atoms with E-state index in [0.29, 0.717) is 12.3 Å². The van der Waals surface area contributed by atoms with E-state index in [1.165, 1.54) is 19.3 Å². The van der Waals surface area contributed by atoms with Crippen LogP contribution in [0.1, 0.15) is 32.1 Å². The third-order valence-electron chi connectivity index (χ3n) is 4.27. The zero-order chi connectivity index (χ0) is 12.3. The zero-order valence-electron chi connectivity index (χ0n) is 10.5. The van der Waals surface area contributed by atoms with Crippen LogP contribution in [0.4, 0.5) is 0 Å². The van der Waals surface area contributed by atoms with Crippen molar-refractivity contribution < 1.29 is 9.90 Å². The average Bonchev–Trinajstić information content (AvgIpc) is 2.91. The summed E-state index contributed by atoms with van der Waals surface area (Å²) in [5.41, 5.74) is 0. The van der Waals surface area contributed by atoms with Crippen molar-refractivity contribution in [1.29, 1.82) is 0 Å². The summed E-state index contributed by atoms with van der Waals surface area (Å²) in [5, 5.41) is 12.1. The number of nitrogens with one attached hydrogen (secondary N) is 1. The highest BCUT2D eigenvalue weighted by molar-refractivity contribution is 7.98. The van der Waals surface area contributed by atoms with E-state index < -0.39 is 0 Å². The molecule has 0 saturated heterocycles. The van der Waals surface area contributed by atoms with Gasteiger partial charge in [-0.25, -0.2) is 0 Å². The van der Waals surface area contributed by atoms with E-state index in [0.717, 1.165) is 18.1 Å². The average molecular weight is 257 g/mol. The summed E-state index contributed by atoms with van der Waals surface area (Å²) < 4.78 is 0. The van der Waals surface area contributed by atoms with Gasteiger partial charge in [0.15, 0.2) is 0 Å². The van der Waals surface area contributed by atoms with Gasteiger partial charge in [0.1, 0.15) is 0 Å². The lowest BCUT2D eigenvalue weighted by Gasteiger charge is -2.24. The van der Waals surface area contributed by atoms with Crippen LogP contribution in [0.5, 0.6) is 0 Å². The largest absolute Gasteiger partial charge is 0.396 e. The molecule has 98 valence electrons. The fraction of sp³-hybridized carbons (Fsp3) is 0.923. The molecule has 0 aliphatic heterocycles. The van der Waals surface area contributed by atoms with Crippen molar-refractivity contribution in [3.05, 3.63) is 0 Å². The summed E-state index contributed by atoms with van der Waals surface area (Å²) >= 11 is 1.72. The predicted octanol–water partition coefficient (Wildman–Crippen LogP) is 1.65. The highest BCUT2D eigenvalue weighted by Gasteiger charge is 2.43. The van der Waals surface area contributed by atoms with E-state index in [1.54, 1.807) is 11.8 Å². The Morgan fingerprint density at radius 3 is 2.82 bits per heavy atom. The first-order chi connectivity index (χ1) is 8.24. The molecule has 17 heavy (non-hydrogen) atoms. The smallest absolute Gasteiger partial charge is 0.223 e. The number of thioether (sulfide) groups is 1. The molecular weight excluding hydrogens is 234 g/mol. The monoisotopic (exact) mass is 257 g/mol. The molecule has 2 fully saturated rings. The Morgan fingerprint density at radius 1 is 1.47 bits per heavy atom. The first-order valence-corrected chi connectivity index (χ1v) is 8.04. The standard InChI is InChI=1S/C13H23NO2S/c1-17-8-11(4-5-15)14-13(16)12-7-9-2-3-10(12)6-9/h9-12,15H,2-8H2,1H3,(H,14,16). The molecule has 2 saturated carbocycles. The van der Waals surface area contributed by atoms with Crippen LogP contribution in [-0.4, -0.2) is 35.7 Å². The second-order valence-electron chi connectivity index (χ2n) is 5.45. The van der Waals surface area contributed by atoms with Crippen LogP contribution in [0.2, 0.25) is 0 Å². The minimum atomic E-state index is 0.140. The third-order valence-corrected chi connectivity index (χ3v) is 5.00. The fourth-order valence-electron chi connectivity index (χ4n) is 3.43. The molecule has 2 rings (SSSR count). The van der Waals surface area contributed by atoms with Crippen LogP contribution in [0.25, 0.3) is 0 Å². The van der Waals surface area contributed by atoms with Gasteiger partial charge >= 0.3 is 0 Å². The van der Waals surface area contributed by atoms with Crippen molar-refractivity contribution in [1.82, 2.24) is 5.32 Å². The third kappa shape index (κ3) is 3.16. The summed E-state index contributed by atoms with van der Waals surface area (Å²) in [7, 11) is 0. The number of rotatable bonds is 6. The van der Waals surface area contributed by atoms with Crippen molar-refractivity contribution >= 4 is 17.7 Å². The molecule has 4 atom stereocenters. The molecule has 0 aromatic carbocycles. The lowest BCUT2D eigenvalue weighted by Crippen LogP contribution is -2.42. The van der Waals surface area contributed by atoms with E-state index in [9.17, 15) is 4.79 Å². The van der Waals surface area contributed by atoms with E-state index in [1.807, 2.05) is 6.26 Å². The molecule has 0 aromatic rings. The number of carbonyl (C=O) groups excluding carboxylic acids is 1. The lowest BCUT2D eigenvalue weighted by atomic mass is 9.88. The summed E-state index contributed by atoms with van der Waals surface area (Å²) in [6.07, 6.45) is 7.66. The van der Waals surface area contributed by atoms with Crippen LogP contribution in [-0.2, 0) is 4.79 Å². The number of aliphatic hydroxyl groups is 1. The Hall–Kier alpha value is -0.220. The van der Waals surface area contributed by atoms with Gasteiger partial charge in [-0.1, -0.05) is 6.42 Å². The molecule has 2 bridgehead atoms. The number of hydrogen-bond acceptors (Lipinski definition) is 3. The Kier molecular flexibility index (Phi) is 4.74. The first kappa shape index (κ1) is 13.2. The van der Waals surface area contributed by atoms with Crippen LogP contribution in [0.15, 0.2) is 0 Å². The maximum atomic E-state index is 12.2. The molecule has 2 aliphatic rings. The second kappa shape index (κ2) is 6.10. The molecule has 4 heteroatoms. The van der Waals surface area contributed by atoms with Crippen molar-refractivity contribution in [2.75, 3.05) is 18.6 Å². The van der Waals surface area contributed by atoms with Gasteiger partial charge in [0.2, 0.25) is 5.91 Å². The quantitative estimate of drug-likeness (QED) is 0.761. The van der Waals surface area contributed by atoms with Gasteiger partial charge in [-0.3, -0.25) is 4.79 Å². The molecule has 0 heterocycles. The highest BCUT2D eigenvalue weighted by Crippen LogP contribution is 2.48. The van der Waals surface area contributed by atoms with Gasteiger partial charge in [-0.05, 0) is 43.8 Å². The molecule has 2 N–H and O–H groups in total. The Balaban J connectivity index is 1.82. The normalized spacial score (nSPS) is 32.7. The molecular formula is C13H23NO2S. The van der Waals surface area contributed by atoms with Crippen molar-refractivity contribution in [3.63, 3.8) is 0 Å². The van der Waals surface area contributed by atoms with Crippen molar-refractivity contribution in [3.8, 4) is 0 Å². The van der Waals surface area contributed by atoms with Gasteiger partial charge in [0, 0.05) is 24.3 Å². The maximum Gasteiger partial charge on any atom is 0.223 e. The number of fused-ring (bicyclic) bond motifs is 2. The predicted molar refractivity (Wildman–Crippen MR) is 71.0 cm³/mol. The Morgan fingerprint density at radius 2 is 2.29 bits per heavy atom. The maximum absolute atomic E-state index is 12.2. The van der Waals surface area contributed by atoms with Gasteiger partial charge in [-0.2, -0.15) is 11.8 Å². The summed E-state index contributed by atoms with van der Waals surface area (Å²) in [5.74, 6) is 2.85. The first-order valence-electron chi connectivity index (χ1n) is 6.64. The van der Waals surface area contributed by atoms with Crippen molar-refractivity contribution in [2.45, 2.75) is 38.1 Å². The minimum absolute atomic E-state index is 0.140. The molecule has 0 spiro atoms.